The zero-order valence-corrected chi connectivity index (χ0v) is 20.1. The predicted octanol–water partition coefficient (Wildman–Crippen LogP) is 4.10. The summed E-state index contributed by atoms with van der Waals surface area (Å²) in [4.78, 5) is 26.8. The monoisotopic (exact) mass is 475 g/mol. The summed E-state index contributed by atoms with van der Waals surface area (Å²) in [5.41, 5.74) is 4.10. The molecule has 4 rings (SSSR count). The first-order chi connectivity index (χ1) is 17.0. The molecule has 0 unspecified atom stereocenters. The van der Waals surface area contributed by atoms with E-state index in [2.05, 4.69) is 23.3 Å². The van der Waals surface area contributed by atoms with Crippen LogP contribution in [0.3, 0.4) is 0 Å². The summed E-state index contributed by atoms with van der Waals surface area (Å²) in [6, 6.07) is 16.0. The van der Waals surface area contributed by atoms with Crippen LogP contribution in [0.2, 0.25) is 0 Å². The van der Waals surface area contributed by atoms with Gasteiger partial charge in [0, 0.05) is 19.2 Å². The standard InChI is InChI=1S/C27H30N4O4/c1-3-28-20-10-5-7-12-22(20)30(18-16-26(32)33)24(28)14-9-15-25-29(4-2)21-11-6-8-13-23(21)31(25)19-17-27(34)35/h5-15H,3-4,16-19H2,1-2H3,(H-,32,33,34,35)/p+1. The molecule has 1 aliphatic heterocycles. The van der Waals surface area contributed by atoms with Gasteiger partial charge in [0.2, 0.25) is 0 Å². The highest BCUT2D eigenvalue weighted by molar-refractivity contribution is 5.83. The number of aryl methyl sites for hydroxylation is 2. The van der Waals surface area contributed by atoms with Gasteiger partial charge < -0.3 is 20.0 Å². The molecular formula is C27H31N4O4+. The fourth-order valence-electron chi connectivity index (χ4n) is 4.76. The second-order valence-electron chi connectivity index (χ2n) is 8.30. The number of fused-ring (bicyclic) bond motifs is 2. The molecule has 0 saturated heterocycles. The predicted molar refractivity (Wildman–Crippen MR) is 136 cm³/mol. The number of hydrogen-bond donors (Lipinski definition) is 2. The molecule has 1 aliphatic rings. The minimum atomic E-state index is -0.834. The maximum Gasteiger partial charge on any atom is 0.307 e. The van der Waals surface area contributed by atoms with Crippen molar-refractivity contribution in [2.45, 2.75) is 39.8 Å². The van der Waals surface area contributed by atoms with Gasteiger partial charge in [-0.2, -0.15) is 0 Å². The van der Waals surface area contributed by atoms with Crippen molar-refractivity contribution in [1.29, 1.82) is 0 Å². The lowest BCUT2D eigenvalue weighted by Crippen LogP contribution is -2.37. The first kappa shape index (κ1) is 24.1. The first-order valence-electron chi connectivity index (χ1n) is 11.9. The van der Waals surface area contributed by atoms with Crippen molar-refractivity contribution in [2.24, 2.45) is 0 Å². The maximum atomic E-state index is 11.3. The zero-order chi connectivity index (χ0) is 24.9. The number of anilines is 2. The van der Waals surface area contributed by atoms with Gasteiger partial charge in [-0.3, -0.25) is 9.59 Å². The largest absolute Gasteiger partial charge is 0.481 e. The lowest BCUT2D eigenvalue weighted by atomic mass is 10.2. The van der Waals surface area contributed by atoms with Gasteiger partial charge in [0.15, 0.2) is 11.0 Å². The summed E-state index contributed by atoms with van der Waals surface area (Å²) in [7, 11) is 0. The van der Waals surface area contributed by atoms with Gasteiger partial charge in [0.1, 0.15) is 12.4 Å². The normalized spacial score (nSPS) is 14.4. The van der Waals surface area contributed by atoms with Crippen molar-refractivity contribution in [3.05, 3.63) is 72.3 Å². The third kappa shape index (κ3) is 4.77. The molecule has 0 amide bonds. The molecule has 0 spiro atoms. The summed E-state index contributed by atoms with van der Waals surface area (Å²) < 4.78 is 4.22. The summed E-state index contributed by atoms with van der Waals surface area (Å²) >= 11 is 0. The van der Waals surface area contributed by atoms with E-state index in [0.717, 1.165) is 47.1 Å². The van der Waals surface area contributed by atoms with E-state index in [1.54, 1.807) is 0 Å². The van der Waals surface area contributed by atoms with Crippen LogP contribution in [0, 0.1) is 0 Å². The van der Waals surface area contributed by atoms with E-state index in [1.165, 1.54) is 0 Å². The average Bonchev–Trinajstić information content (AvgIpc) is 3.32. The van der Waals surface area contributed by atoms with Crippen molar-refractivity contribution in [3.63, 3.8) is 0 Å². The Hall–Kier alpha value is -4.07. The molecule has 0 atom stereocenters. The Morgan fingerprint density at radius 3 is 2.20 bits per heavy atom. The Morgan fingerprint density at radius 1 is 0.886 bits per heavy atom. The van der Waals surface area contributed by atoms with Gasteiger partial charge in [0.25, 0.3) is 5.82 Å². The minimum Gasteiger partial charge on any atom is -0.481 e. The SMILES string of the molecule is CCN1C(=CC=Cc2n(CC)c3ccccc3[n+]2CCC(=O)O)N(CCC(=O)O)c2ccccc21. The molecule has 182 valence electrons. The fraction of sp³-hybridized carbons (Fsp3) is 0.296. The molecule has 2 N–H and O–H groups in total. The summed E-state index contributed by atoms with van der Waals surface area (Å²) in [5.74, 6) is 0.170. The number of carbonyl (C=O) groups is 2. The van der Waals surface area contributed by atoms with Gasteiger partial charge in [-0.1, -0.05) is 30.3 Å². The van der Waals surface area contributed by atoms with Gasteiger partial charge in [-0.05, 0) is 44.2 Å². The lowest BCUT2D eigenvalue weighted by molar-refractivity contribution is -0.673. The zero-order valence-electron chi connectivity index (χ0n) is 20.1. The highest BCUT2D eigenvalue weighted by atomic mass is 16.4. The number of imidazole rings is 1. The van der Waals surface area contributed by atoms with E-state index < -0.39 is 11.9 Å². The summed E-state index contributed by atoms with van der Waals surface area (Å²) in [6.45, 7) is 6.38. The Balaban J connectivity index is 1.76. The molecule has 0 bridgehead atoms. The smallest absolute Gasteiger partial charge is 0.307 e. The number of para-hydroxylation sites is 4. The highest BCUT2D eigenvalue weighted by Crippen LogP contribution is 2.41. The maximum absolute atomic E-state index is 11.3. The van der Waals surface area contributed by atoms with Crippen molar-refractivity contribution < 1.29 is 24.4 Å². The van der Waals surface area contributed by atoms with Gasteiger partial charge in [-0.25, -0.2) is 9.13 Å². The van der Waals surface area contributed by atoms with Crippen LogP contribution in [-0.2, 0) is 22.7 Å². The molecule has 0 saturated carbocycles. The van der Waals surface area contributed by atoms with Crippen LogP contribution in [0.15, 0.2) is 66.5 Å². The van der Waals surface area contributed by atoms with Gasteiger partial charge >= 0.3 is 11.9 Å². The van der Waals surface area contributed by atoms with Gasteiger partial charge in [-0.15, -0.1) is 0 Å². The number of benzene rings is 2. The molecule has 2 heterocycles. The van der Waals surface area contributed by atoms with E-state index in [1.807, 2.05) is 76.2 Å². The highest BCUT2D eigenvalue weighted by Gasteiger charge is 2.30. The van der Waals surface area contributed by atoms with Crippen molar-refractivity contribution in [2.75, 3.05) is 22.9 Å². The van der Waals surface area contributed by atoms with Crippen LogP contribution in [-0.4, -0.2) is 39.8 Å². The molecular weight excluding hydrogens is 444 g/mol. The molecule has 2 aromatic carbocycles. The van der Waals surface area contributed by atoms with E-state index in [9.17, 15) is 19.8 Å². The average molecular weight is 476 g/mol. The minimum absolute atomic E-state index is 0.0339. The lowest BCUT2D eigenvalue weighted by Gasteiger charge is -2.23. The van der Waals surface area contributed by atoms with E-state index >= 15 is 0 Å². The molecule has 0 aliphatic carbocycles. The van der Waals surface area contributed by atoms with E-state index in [0.29, 0.717) is 13.1 Å². The van der Waals surface area contributed by atoms with E-state index in [4.69, 9.17) is 0 Å². The molecule has 8 heteroatoms. The Labute approximate surface area is 204 Å². The topological polar surface area (TPSA) is 89.9 Å². The second kappa shape index (κ2) is 10.5. The van der Waals surface area contributed by atoms with Crippen LogP contribution in [0.5, 0.6) is 0 Å². The van der Waals surface area contributed by atoms with Crippen LogP contribution < -0.4 is 14.4 Å². The fourth-order valence-corrected chi connectivity index (χ4v) is 4.76. The number of carboxylic acids is 2. The summed E-state index contributed by atoms with van der Waals surface area (Å²) in [6.07, 6.45) is 6.04. The number of nitrogens with zero attached hydrogens (tertiary/aromatic N) is 4. The molecule has 35 heavy (non-hydrogen) atoms. The number of hydrogen-bond acceptors (Lipinski definition) is 4. The molecule has 8 nitrogen and oxygen atoms in total. The van der Waals surface area contributed by atoms with Crippen molar-refractivity contribution >= 4 is 40.4 Å². The number of allylic oxidation sites excluding steroid dienone is 2. The number of aliphatic carboxylic acids is 2. The van der Waals surface area contributed by atoms with Crippen molar-refractivity contribution in [1.82, 2.24) is 4.57 Å². The third-order valence-corrected chi connectivity index (χ3v) is 6.25. The van der Waals surface area contributed by atoms with Crippen LogP contribution in [0.4, 0.5) is 11.4 Å². The van der Waals surface area contributed by atoms with Crippen molar-refractivity contribution in [3.8, 4) is 0 Å². The van der Waals surface area contributed by atoms with Gasteiger partial charge in [0.05, 0.1) is 30.8 Å². The van der Waals surface area contributed by atoms with Crippen LogP contribution in [0.25, 0.3) is 17.1 Å². The quantitative estimate of drug-likeness (QED) is 0.429. The molecule has 0 fully saturated rings. The Kier molecular flexibility index (Phi) is 7.19. The Morgan fingerprint density at radius 2 is 1.54 bits per heavy atom. The third-order valence-electron chi connectivity index (χ3n) is 6.25. The number of rotatable bonds is 10. The summed E-state index contributed by atoms with van der Waals surface area (Å²) in [5, 5.41) is 18.6. The number of aromatic nitrogens is 2. The van der Waals surface area contributed by atoms with Crippen LogP contribution >= 0.6 is 0 Å². The molecule has 0 radical (unpaired) electrons. The molecule has 1 aromatic heterocycles. The molecule has 3 aromatic rings. The van der Waals surface area contributed by atoms with Crippen LogP contribution in [0.1, 0.15) is 32.5 Å². The number of carboxylic acid groups (broad SMARTS) is 2. The second-order valence-corrected chi connectivity index (χ2v) is 8.30. The first-order valence-corrected chi connectivity index (χ1v) is 11.9. The Bertz CT molecular complexity index is 1310. The van der Waals surface area contributed by atoms with E-state index in [-0.39, 0.29) is 12.8 Å².